The van der Waals surface area contributed by atoms with E-state index in [-0.39, 0.29) is 18.2 Å². The van der Waals surface area contributed by atoms with Gasteiger partial charge in [0.05, 0.1) is 24.7 Å². The highest BCUT2D eigenvalue weighted by Crippen LogP contribution is 2.31. The van der Waals surface area contributed by atoms with Crippen molar-refractivity contribution < 1.29 is 23.4 Å². The van der Waals surface area contributed by atoms with E-state index in [1.807, 2.05) is 42.7 Å². The average molecular weight is 453 g/mol. The first kappa shape index (κ1) is 22.7. The Morgan fingerprint density at radius 3 is 2.45 bits per heavy atom. The minimum absolute atomic E-state index is 0.0848. The monoisotopic (exact) mass is 453 g/mol. The molecule has 0 saturated heterocycles. The number of alkyl halides is 2. The van der Waals surface area contributed by atoms with E-state index >= 15 is 0 Å². The number of aliphatic hydroxyl groups is 1. The maximum Gasteiger partial charge on any atom is 0.387 e. The van der Waals surface area contributed by atoms with Crippen LogP contribution in [0.5, 0.6) is 11.6 Å². The van der Waals surface area contributed by atoms with Crippen LogP contribution >= 0.6 is 0 Å². The second-order valence-corrected chi connectivity index (χ2v) is 8.02. The van der Waals surface area contributed by atoms with Gasteiger partial charge in [0.2, 0.25) is 5.88 Å². The van der Waals surface area contributed by atoms with Crippen molar-refractivity contribution in [2.45, 2.75) is 33.1 Å². The molecule has 0 saturated carbocycles. The Morgan fingerprint density at radius 1 is 1.03 bits per heavy atom. The Morgan fingerprint density at radius 2 is 1.79 bits per heavy atom. The van der Waals surface area contributed by atoms with Crippen LogP contribution in [0, 0.1) is 5.92 Å². The fraction of sp³-hybridized carbons (Fsp3) is 0.280. The van der Waals surface area contributed by atoms with Crippen LogP contribution in [-0.2, 0) is 6.54 Å². The number of imidazole rings is 1. The number of hydrogen-bond donors (Lipinski definition) is 1. The summed E-state index contributed by atoms with van der Waals surface area (Å²) in [6.45, 7) is 1.08. The lowest BCUT2D eigenvalue weighted by molar-refractivity contribution is -0.0505. The Bertz CT molecular complexity index is 1240. The summed E-state index contributed by atoms with van der Waals surface area (Å²) >= 11 is 0. The predicted molar refractivity (Wildman–Crippen MR) is 121 cm³/mol. The maximum atomic E-state index is 12.9. The summed E-state index contributed by atoms with van der Waals surface area (Å²) < 4.78 is 37.6. The number of methoxy groups -OCH3 is 1. The third-order valence-electron chi connectivity index (χ3n) is 5.47. The third kappa shape index (κ3) is 4.80. The molecule has 0 aliphatic heterocycles. The number of hydrogen-bond acceptors (Lipinski definition) is 5. The maximum absolute atomic E-state index is 12.9. The van der Waals surface area contributed by atoms with Gasteiger partial charge in [-0.2, -0.15) is 8.78 Å². The number of para-hydroxylation sites is 1. The molecule has 2 heterocycles. The lowest BCUT2D eigenvalue weighted by Gasteiger charge is -2.18. The van der Waals surface area contributed by atoms with Crippen molar-refractivity contribution in [2.24, 2.45) is 5.92 Å². The SMILES string of the molecule is COc1ccc(-c2ccc3nc(C(O)C(C)C)n(Cc4ccccc4OC(F)F)c3c2)cn1. The van der Waals surface area contributed by atoms with Crippen LogP contribution in [0.4, 0.5) is 8.78 Å². The zero-order chi connectivity index (χ0) is 23.5. The van der Waals surface area contributed by atoms with Crippen molar-refractivity contribution in [1.82, 2.24) is 14.5 Å². The van der Waals surface area contributed by atoms with E-state index in [9.17, 15) is 13.9 Å². The first-order chi connectivity index (χ1) is 15.9. The molecule has 1 N–H and O–H groups in total. The Kier molecular flexibility index (Phi) is 6.55. The summed E-state index contributed by atoms with van der Waals surface area (Å²) in [5.41, 5.74) is 3.82. The quantitative estimate of drug-likeness (QED) is 0.384. The van der Waals surface area contributed by atoms with Crippen LogP contribution in [-0.4, -0.2) is 33.4 Å². The lowest BCUT2D eigenvalue weighted by Crippen LogP contribution is -2.15. The van der Waals surface area contributed by atoms with Crippen molar-refractivity contribution in [2.75, 3.05) is 7.11 Å². The first-order valence-corrected chi connectivity index (χ1v) is 10.6. The van der Waals surface area contributed by atoms with Crippen LogP contribution in [0.25, 0.3) is 22.2 Å². The van der Waals surface area contributed by atoms with E-state index in [1.54, 1.807) is 37.6 Å². The standard InChI is InChI=1S/C25H25F2N3O3/c1-15(2)23(31)24-29-19-10-8-16(17-9-11-22(32-3)28-13-17)12-20(19)30(24)14-18-6-4-5-7-21(18)33-25(26)27/h4-13,15,23,25,31H,14H2,1-3H3. The number of nitrogens with zero attached hydrogens (tertiary/aromatic N) is 3. The normalized spacial score (nSPS) is 12.5. The summed E-state index contributed by atoms with van der Waals surface area (Å²) in [4.78, 5) is 8.94. The first-order valence-electron chi connectivity index (χ1n) is 10.6. The molecule has 0 radical (unpaired) electrons. The van der Waals surface area contributed by atoms with Gasteiger partial charge in [-0.3, -0.25) is 0 Å². The van der Waals surface area contributed by atoms with Crippen molar-refractivity contribution in [3.63, 3.8) is 0 Å². The molecule has 2 aromatic carbocycles. The number of benzene rings is 2. The summed E-state index contributed by atoms with van der Waals surface area (Å²) in [5, 5.41) is 10.9. The largest absolute Gasteiger partial charge is 0.481 e. The number of rotatable bonds is 8. The van der Waals surface area contributed by atoms with Crippen LogP contribution in [0.15, 0.2) is 60.8 Å². The van der Waals surface area contributed by atoms with Gasteiger partial charge in [-0.25, -0.2) is 9.97 Å². The molecular weight excluding hydrogens is 428 g/mol. The van der Waals surface area contributed by atoms with E-state index in [4.69, 9.17) is 9.47 Å². The summed E-state index contributed by atoms with van der Waals surface area (Å²) in [6, 6.07) is 16.1. The Hall–Kier alpha value is -3.52. The minimum atomic E-state index is -2.93. The van der Waals surface area contributed by atoms with Gasteiger partial charge in [-0.1, -0.05) is 38.1 Å². The van der Waals surface area contributed by atoms with Gasteiger partial charge in [0.1, 0.15) is 17.7 Å². The number of aliphatic hydroxyl groups excluding tert-OH is 1. The van der Waals surface area contributed by atoms with Crippen LogP contribution in [0.3, 0.4) is 0 Å². The zero-order valence-corrected chi connectivity index (χ0v) is 18.6. The predicted octanol–water partition coefficient (Wildman–Crippen LogP) is 5.45. The highest BCUT2D eigenvalue weighted by atomic mass is 19.3. The number of ether oxygens (including phenoxy) is 2. The van der Waals surface area contributed by atoms with Crippen molar-refractivity contribution >= 4 is 11.0 Å². The molecular formula is C25H25F2N3O3. The molecule has 0 spiro atoms. The molecule has 2 aromatic heterocycles. The molecule has 0 amide bonds. The van der Waals surface area contributed by atoms with Gasteiger partial charge >= 0.3 is 6.61 Å². The fourth-order valence-electron chi connectivity index (χ4n) is 3.70. The number of pyridine rings is 1. The smallest absolute Gasteiger partial charge is 0.387 e. The highest BCUT2D eigenvalue weighted by molar-refractivity contribution is 5.83. The molecule has 8 heteroatoms. The number of fused-ring (bicyclic) bond motifs is 1. The van der Waals surface area contributed by atoms with Crippen molar-refractivity contribution in [1.29, 1.82) is 0 Å². The fourth-order valence-corrected chi connectivity index (χ4v) is 3.70. The topological polar surface area (TPSA) is 69.4 Å². The lowest BCUT2D eigenvalue weighted by atomic mass is 10.1. The second kappa shape index (κ2) is 9.54. The molecule has 1 atom stereocenters. The van der Waals surface area contributed by atoms with Gasteiger partial charge in [0.15, 0.2) is 0 Å². The number of halogens is 2. The molecule has 6 nitrogen and oxygen atoms in total. The molecule has 0 aliphatic carbocycles. The van der Waals surface area contributed by atoms with Crippen LogP contribution in [0.1, 0.15) is 31.3 Å². The van der Waals surface area contributed by atoms with Gasteiger partial charge in [0, 0.05) is 23.4 Å². The molecule has 4 aromatic rings. The third-order valence-corrected chi connectivity index (χ3v) is 5.47. The summed E-state index contributed by atoms with van der Waals surface area (Å²) in [7, 11) is 1.56. The van der Waals surface area contributed by atoms with Crippen LogP contribution < -0.4 is 9.47 Å². The van der Waals surface area contributed by atoms with E-state index < -0.39 is 12.7 Å². The van der Waals surface area contributed by atoms with Gasteiger partial charge in [0.25, 0.3) is 0 Å². The van der Waals surface area contributed by atoms with Crippen molar-refractivity contribution in [3.8, 4) is 22.8 Å². The number of aromatic nitrogens is 3. The molecule has 33 heavy (non-hydrogen) atoms. The van der Waals surface area contributed by atoms with Gasteiger partial charge in [-0.05, 0) is 35.7 Å². The molecule has 0 aliphatic rings. The Labute approximate surface area is 190 Å². The molecule has 172 valence electrons. The van der Waals surface area contributed by atoms with E-state index in [1.165, 1.54) is 6.07 Å². The van der Waals surface area contributed by atoms with Crippen LogP contribution in [0.2, 0.25) is 0 Å². The Balaban J connectivity index is 1.84. The summed E-state index contributed by atoms with van der Waals surface area (Å²) in [6.07, 6.45) is 0.891. The molecule has 0 bridgehead atoms. The van der Waals surface area contributed by atoms with E-state index in [0.29, 0.717) is 22.8 Å². The van der Waals surface area contributed by atoms with Gasteiger partial charge < -0.3 is 19.1 Å². The molecule has 0 fully saturated rings. The van der Waals surface area contributed by atoms with Crippen molar-refractivity contribution in [3.05, 3.63) is 72.2 Å². The van der Waals surface area contributed by atoms with Gasteiger partial charge in [-0.15, -0.1) is 0 Å². The van der Waals surface area contributed by atoms with E-state index in [0.717, 1.165) is 16.6 Å². The zero-order valence-electron chi connectivity index (χ0n) is 18.6. The molecule has 4 rings (SSSR count). The highest BCUT2D eigenvalue weighted by Gasteiger charge is 2.22. The summed E-state index contributed by atoms with van der Waals surface area (Å²) in [5.74, 6) is 0.993. The second-order valence-electron chi connectivity index (χ2n) is 8.02. The molecule has 1 unspecified atom stereocenters. The average Bonchev–Trinajstić information content (AvgIpc) is 3.17. The minimum Gasteiger partial charge on any atom is -0.481 e. The van der Waals surface area contributed by atoms with E-state index in [2.05, 4.69) is 9.97 Å².